The molecule has 0 aliphatic carbocycles. The minimum absolute atomic E-state index is 0.0125. The standard InChI is InChI=1S/C36H70N2O6.C13H26O.C2H6.CH2O2.CH4O/c1-8-12-14-16-21-31(19-10-3)23-24-34(39)42-29-32(38(7)28-18-27-37(5)6)30-43-35(40)25-26-36(41)44-33(20-11-4)22-17-15-13-9-2;1-3-5-6-7-10-13(9-4-2)11-8-12-14;1-2;2-1-3;1-2/h31-33H,8-30H2,1-7H3;12-13H,3-11H2,1-2H3;1-2H3;1H,(H,2,3);2H,1H3. The third-order valence-electron chi connectivity index (χ3n) is 11.2. The molecule has 4 atom stereocenters. The minimum atomic E-state index is -0.430. The van der Waals surface area contributed by atoms with E-state index in [-0.39, 0.29) is 56.6 Å². The number of aliphatic hydroxyl groups is 1. The molecule has 0 saturated heterocycles. The number of esters is 3. The molecule has 0 saturated carbocycles. The van der Waals surface area contributed by atoms with Gasteiger partial charge in [-0.3, -0.25) is 24.1 Å². The van der Waals surface area contributed by atoms with Gasteiger partial charge in [-0.05, 0) is 84.6 Å². The van der Waals surface area contributed by atoms with Crippen molar-refractivity contribution < 1.29 is 48.4 Å². The SMILES string of the molecule is CC.CCCCCCC(CCC)CCC(=O)OCC(COC(=O)CCC(=O)OC(CCC)CCCCCC)N(C)CCCN(C)C.CCCCCCC(CCC)CCC=O.CO.O=CO. The Kier molecular flexibility index (Phi) is 65.3. The molecule has 65 heavy (non-hydrogen) atoms. The molecular formula is C53H108N2O10. The van der Waals surface area contributed by atoms with Crippen LogP contribution in [0.2, 0.25) is 0 Å². The fourth-order valence-corrected chi connectivity index (χ4v) is 7.50. The van der Waals surface area contributed by atoms with Crippen molar-refractivity contribution in [3.63, 3.8) is 0 Å². The van der Waals surface area contributed by atoms with Crippen LogP contribution in [0.4, 0.5) is 0 Å². The van der Waals surface area contributed by atoms with Crippen LogP contribution in [0.5, 0.6) is 0 Å². The first-order valence-electron chi connectivity index (χ1n) is 26.2. The van der Waals surface area contributed by atoms with E-state index >= 15 is 0 Å². The number of hydrogen-bond donors (Lipinski definition) is 2. The van der Waals surface area contributed by atoms with Gasteiger partial charge in [0.2, 0.25) is 0 Å². The summed E-state index contributed by atoms with van der Waals surface area (Å²) in [5, 5.41) is 13.9. The maximum atomic E-state index is 12.7. The van der Waals surface area contributed by atoms with E-state index in [0.717, 1.165) is 103 Å². The maximum Gasteiger partial charge on any atom is 0.306 e. The quantitative estimate of drug-likeness (QED) is 0.0259. The highest BCUT2D eigenvalue weighted by Crippen LogP contribution is 2.22. The number of likely N-dealkylation sites (N-methyl/N-ethyl adjacent to an activating group) is 1. The van der Waals surface area contributed by atoms with E-state index in [1.807, 2.05) is 35.0 Å². The average molecular weight is 933 g/mol. The lowest BCUT2D eigenvalue weighted by Gasteiger charge is -2.28. The zero-order valence-electron chi connectivity index (χ0n) is 44.6. The summed E-state index contributed by atoms with van der Waals surface area (Å²) in [5.74, 6) is 0.424. The molecule has 390 valence electrons. The van der Waals surface area contributed by atoms with E-state index in [4.69, 9.17) is 29.2 Å². The Labute approximate surface area is 401 Å². The average Bonchev–Trinajstić information content (AvgIpc) is 3.29. The van der Waals surface area contributed by atoms with Crippen molar-refractivity contribution in [2.45, 2.75) is 247 Å². The number of carbonyl (C=O) groups excluding carboxylic acids is 4. The summed E-state index contributed by atoms with van der Waals surface area (Å²) in [4.78, 5) is 60.6. The summed E-state index contributed by atoms with van der Waals surface area (Å²) in [7, 11) is 7.05. The van der Waals surface area contributed by atoms with Gasteiger partial charge in [-0.1, -0.05) is 171 Å². The van der Waals surface area contributed by atoms with E-state index in [2.05, 4.69) is 51.3 Å². The van der Waals surface area contributed by atoms with Crippen molar-refractivity contribution in [1.29, 1.82) is 0 Å². The van der Waals surface area contributed by atoms with Gasteiger partial charge < -0.3 is 34.1 Å². The molecule has 0 aromatic carbocycles. The number of unbranched alkanes of at least 4 members (excludes halogenated alkanes) is 9. The Balaban J connectivity index is -0.000000473. The monoisotopic (exact) mass is 933 g/mol. The van der Waals surface area contributed by atoms with Gasteiger partial charge in [0.25, 0.3) is 6.47 Å². The molecule has 2 N–H and O–H groups in total. The number of ether oxygens (including phenoxy) is 3. The summed E-state index contributed by atoms with van der Waals surface area (Å²) >= 11 is 0. The number of hydrogen-bond acceptors (Lipinski definition) is 11. The van der Waals surface area contributed by atoms with Gasteiger partial charge >= 0.3 is 17.9 Å². The fraction of sp³-hybridized carbons (Fsp3) is 0.906. The van der Waals surface area contributed by atoms with Gasteiger partial charge in [-0.25, -0.2) is 0 Å². The van der Waals surface area contributed by atoms with Crippen LogP contribution in [0.1, 0.15) is 235 Å². The topological polar surface area (TPSA) is 160 Å². The van der Waals surface area contributed by atoms with Crippen molar-refractivity contribution >= 4 is 30.7 Å². The maximum absolute atomic E-state index is 12.7. The lowest BCUT2D eigenvalue weighted by molar-refractivity contribution is -0.156. The molecule has 0 aromatic heterocycles. The van der Waals surface area contributed by atoms with Gasteiger partial charge in [0.15, 0.2) is 0 Å². The van der Waals surface area contributed by atoms with Crippen LogP contribution in [-0.2, 0) is 38.2 Å². The molecule has 0 aromatic rings. The smallest absolute Gasteiger partial charge is 0.306 e. The summed E-state index contributed by atoms with van der Waals surface area (Å²) in [6.07, 6.45) is 30.2. The molecular weight excluding hydrogens is 825 g/mol. The minimum Gasteiger partial charge on any atom is -0.483 e. The molecule has 0 spiro atoms. The first-order chi connectivity index (χ1) is 31.4. The zero-order chi connectivity index (χ0) is 50.4. The highest BCUT2D eigenvalue weighted by atomic mass is 16.6. The van der Waals surface area contributed by atoms with Crippen LogP contribution in [0.15, 0.2) is 0 Å². The van der Waals surface area contributed by atoms with Crippen LogP contribution < -0.4 is 0 Å². The third kappa shape index (κ3) is 55.7. The molecule has 12 nitrogen and oxygen atoms in total. The van der Waals surface area contributed by atoms with Crippen LogP contribution in [0, 0.1) is 11.8 Å². The lowest BCUT2D eigenvalue weighted by atomic mass is 9.92. The third-order valence-corrected chi connectivity index (χ3v) is 11.2. The molecule has 0 aliphatic heterocycles. The summed E-state index contributed by atoms with van der Waals surface area (Å²) in [5.41, 5.74) is 0. The van der Waals surface area contributed by atoms with E-state index in [0.29, 0.717) is 12.3 Å². The Morgan fingerprint density at radius 1 is 0.508 bits per heavy atom. The summed E-state index contributed by atoms with van der Waals surface area (Å²) in [6.45, 7) is 19.0. The molecule has 0 amide bonds. The molecule has 0 rings (SSSR count). The molecule has 4 unspecified atom stereocenters. The van der Waals surface area contributed by atoms with Crippen molar-refractivity contribution in [3.8, 4) is 0 Å². The summed E-state index contributed by atoms with van der Waals surface area (Å²) < 4.78 is 17.0. The first kappa shape index (κ1) is 71.4. The van der Waals surface area contributed by atoms with E-state index in [1.54, 1.807) is 0 Å². The van der Waals surface area contributed by atoms with Crippen LogP contribution in [-0.4, -0.2) is 117 Å². The number of aliphatic hydroxyl groups excluding tert-OH is 1. The van der Waals surface area contributed by atoms with Gasteiger partial charge in [0.1, 0.15) is 25.6 Å². The molecule has 0 radical (unpaired) electrons. The zero-order valence-corrected chi connectivity index (χ0v) is 44.6. The Bertz CT molecular complexity index is 1000. The number of nitrogens with zero attached hydrogens (tertiary/aromatic N) is 2. The number of aldehydes is 1. The highest BCUT2D eigenvalue weighted by molar-refractivity contribution is 5.77. The largest absolute Gasteiger partial charge is 0.483 e. The van der Waals surface area contributed by atoms with Crippen LogP contribution in [0.3, 0.4) is 0 Å². The lowest BCUT2D eigenvalue weighted by Crippen LogP contribution is -2.41. The van der Waals surface area contributed by atoms with Gasteiger partial charge in [-0.15, -0.1) is 0 Å². The van der Waals surface area contributed by atoms with Crippen LogP contribution in [0.25, 0.3) is 0 Å². The predicted octanol–water partition coefficient (Wildman–Crippen LogP) is 12.6. The Hall–Kier alpha value is -2.57. The number of rotatable bonds is 40. The van der Waals surface area contributed by atoms with Crippen molar-refractivity contribution in [2.24, 2.45) is 11.8 Å². The van der Waals surface area contributed by atoms with Gasteiger partial charge in [0.05, 0.1) is 18.9 Å². The second-order valence-electron chi connectivity index (χ2n) is 17.3. The second-order valence-corrected chi connectivity index (χ2v) is 17.3. The predicted molar refractivity (Wildman–Crippen MR) is 271 cm³/mol. The van der Waals surface area contributed by atoms with Crippen molar-refractivity contribution in [2.75, 3.05) is 54.6 Å². The van der Waals surface area contributed by atoms with Gasteiger partial charge in [0, 0.05) is 20.0 Å². The summed E-state index contributed by atoms with van der Waals surface area (Å²) in [6, 6.07) is -0.241. The fourth-order valence-electron chi connectivity index (χ4n) is 7.50. The van der Waals surface area contributed by atoms with E-state index < -0.39 is 5.97 Å². The first-order valence-corrected chi connectivity index (χ1v) is 26.2. The molecule has 0 bridgehead atoms. The van der Waals surface area contributed by atoms with Crippen molar-refractivity contribution in [1.82, 2.24) is 9.80 Å². The molecule has 0 heterocycles. The van der Waals surface area contributed by atoms with Crippen LogP contribution >= 0.6 is 0 Å². The Morgan fingerprint density at radius 2 is 0.938 bits per heavy atom. The number of carboxylic acid groups (broad SMARTS) is 1. The Morgan fingerprint density at radius 3 is 1.37 bits per heavy atom. The number of carbonyl (C=O) groups is 5. The second kappa shape index (κ2) is 59.4. The van der Waals surface area contributed by atoms with E-state index in [9.17, 15) is 19.2 Å². The van der Waals surface area contributed by atoms with E-state index in [1.165, 1.54) is 89.9 Å². The highest BCUT2D eigenvalue weighted by Gasteiger charge is 2.21. The molecule has 0 aliphatic rings. The normalized spacial score (nSPS) is 12.3. The molecule has 0 fully saturated rings. The van der Waals surface area contributed by atoms with Gasteiger partial charge in [-0.2, -0.15) is 0 Å². The van der Waals surface area contributed by atoms with Crippen molar-refractivity contribution in [3.05, 3.63) is 0 Å². The molecule has 12 heteroatoms.